The molecule has 0 nitrogen and oxygen atoms in total. The first-order valence-electron chi connectivity index (χ1n) is 6.31. The third kappa shape index (κ3) is 2.35. The molecule has 0 N–H and O–H groups in total. The molecule has 0 heterocycles. The van der Waals surface area contributed by atoms with Crippen LogP contribution in [0.4, 0.5) is 0 Å². The van der Waals surface area contributed by atoms with Crippen LogP contribution in [0.2, 0.25) is 0 Å². The Kier molecular flexibility index (Phi) is 2.79. The number of hydrogen-bond acceptors (Lipinski definition) is 0. The van der Waals surface area contributed by atoms with Gasteiger partial charge in [0.05, 0.1) is 0 Å². The van der Waals surface area contributed by atoms with Crippen LogP contribution in [0.25, 0.3) is 0 Å². The average Bonchev–Trinajstić information content (AvgIpc) is 2.39. The van der Waals surface area contributed by atoms with Gasteiger partial charge in [-0.1, -0.05) is 37.6 Å². The minimum Gasteiger partial charge on any atom is -0.0996 e. The lowest BCUT2D eigenvalue weighted by Gasteiger charge is -2.24. The molecule has 0 radical (unpaired) electrons. The molecule has 0 heteroatoms. The SMILES string of the molecule is C=C1CCC=C(C)CC2CC(C)(C)CC12. The standard InChI is InChI=1S/C15H24/c1-11-6-5-7-12(2)14-10-15(3,4)9-13(14)8-11/h6,13-14H,2,5,7-10H2,1,3-4H3. The Morgan fingerprint density at radius 1 is 1.33 bits per heavy atom. The molecule has 15 heavy (non-hydrogen) atoms. The lowest BCUT2D eigenvalue weighted by Crippen LogP contribution is -2.12. The second kappa shape index (κ2) is 3.81. The summed E-state index contributed by atoms with van der Waals surface area (Å²) in [6, 6.07) is 0. The molecule has 0 aromatic heterocycles. The molecular weight excluding hydrogens is 180 g/mol. The summed E-state index contributed by atoms with van der Waals surface area (Å²) in [6.07, 6.45) is 8.92. The van der Waals surface area contributed by atoms with Crippen LogP contribution in [-0.4, -0.2) is 0 Å². The fraction of sp³-hybridized carbons (Fsp3) is 0.733. The molecule has 0 aliphatic heterocycles. The van der Waals surface area contributed by atoms with Crippen molar-refractivity contribution >= 4 is 0 Å². The van der Waals surface area contributed by atoms with E-state index < -0.39 is 0 Å². The number of allylic oxidation sites excluding steroid dienone is 3. The van der Waals surface area contributed by atoms with E-state index in [0.29, 0.717) is 5.41 Å². The molecule has 0 aromatic carbocycles. The van der Waals surface area contributed by atoms with E-state index in [0.717, 1.165) is 11.8 Å². The van der Waals surface area contributed by atoms with Gasteiger partial charge in [-0.2, -0.15) is 0 Å². The highest BCUT2D eigenvalue weighted by Crippen LogP contribution is 2.51. The van der Waals surface area contributed by atoms with E-state index in [9.17, 15) is 0 Å². The molecule has 1 saturated carbocycles. The molecule has 2 atom stereocenters. The summed E-state index contributed by atoms with van der Waals surface area (Å²) >= 11 is 0. The Balaban J connectivity index is 2.20. The number of rotatable bonds is 0. The quantitative estimate of drug-likeness (QED) is 0.501. The summed E-state index contributed by atoms with van der Waals surface area (Å²) < 4.78 is 0. The van der Waals surface area contributed by atoms with Crippen molar-refractivity contribution in [3.63, 3.8) is 0 Å². The molecule has 0 spiro atoms. The summed E-state index contributed by atoms with van der Waals surface area (Å²) in [6.45, 7) is 11.5. The lowest BCUT2D eigenvalue weighted by atomic mass is 9.81. The first kappa shape index (κ1) is 11.0. The maximum absolute atomic E-state index is 4.32. The summed E-state index contributed by atoms with van der Waals surface area (Å²) in [5.74, 6) is 1.69. The molecule has 84 valence electrons. The Morgan fingerprint density at radius 2 is 2.07 bits per heavy atom. The third-order valence-corrected chi connectivity index (χ3v) is 4.22. The highest BCUT2D eigenvalue weighted by Gasteiger charge is 2.40. The van der Waals surface area contributed by atoms with E-state index in [1.54, 1.807) is 5.57 Å². The zero-order chi connectivity index (χ0) is 11.1. The largest absolute Gasteiger partial charge is 0.0996 e. The van der Waals surface area contributed by atoms with E-state index in [2.05, 4.69) is 33.4 Å². The monoisotopic (exact) mass is 204 g/mol. The average molecular weight is 204 g/mol. The summed E-state index contributed by atoms with van der Waals surface area (Å²) in [4.78, 5) is 0. The summed E-state index contributed by atoms with van der Waals surface area (Å²) in [7, 11) is 0. The zero-order valence-corrected chi connectivity index (χ0v) is 10.5. The maximum Gasteiger partial charge on any atom is -0.0169 e. The first-order valence-corrected chi connectivity index (χ1v) is 6.31. The van der Waals surface area contributed by atoms with Gasteiger partial charge in [0, 0.05) is 0 Å². The van der Waals surface area contributed by atoms with E-state index in [4.69, 9.17) is 0 Å². The van der Waals surface area contributed by atoms with Gasteiger partial charge < -0.3 is 0 Å². The van der Waals surface area contributed by atoms with Gasteiger partial charge in [0.15, 0.2) is 0 Å². The molecule has 1 fully saturated rings. The Labute approximate surface area is 94.5 Å². The van der Waals surface area contributed by atoms with Crippen LogP contribution in [0, 0.1) is 17.3 Å². The van der Waals surface area contributed by atoms with E-state index in [1.165, 1.54) is 37.7 Å². The van der Waals surface area contributed by atoms with Crippen LogP contribution in [0.5, 0.6) is 0 Å². The fourth-order valence-corrected chi connectivity index (χ4v) is 3.58. The van der Waals surface area contributed by atoms with Crippen molar-refractivity contribution in [3.8, 4) is 0 Å². The number of hydrogen-bond donors (Lipinski definition) is 0. The minimum atomic E-state index is 0.545. The van der Waals surface area contributed by atoms with Crippen molar-refractivity contribution in [2.45, 2.75) is 52.9 Å². The van der Waals surface area contributed by atoms with Crippen molar-refractivity contribution in [2.24, 2.45) is 17.3 Å². The highest BCUT2D eigenvalue weighted by molar-refractivity contribution is 5.15. The lowest BCUT2D eigenvalue weighted by molar-refractivity contribution is 0.359. The van der Waals surface area contributed by atoms with Crippen LogP contribution in [0.15, 0.2) is 23.8 Å². The van der Waals surface area contributed by atoms with Gasteiger partial charge in [-0.25, -0.2) is 0 Å². The van der Waals surface area contributed by atoms with Gasteiger partial charge >= 0.3 is 0 Å². The molecule has 0 aromatic rings. The first-order chi connectivity index (χ1) is 6.98. The second-order valence-electron chi connectivity index (χ2n) is 6.39. The molecule has 2 unspecified atom stereocenters. The van der Waals surface area contributed by atoms with E-state index >= 15 is 0 Å². The molecule has 2 rings (SSSR count). The second-order valence-corrected chi connectivity index (χ2v) is 6.39. The van der Waals surface area contributed by atoms with Gasteiger partial charge in [-0.15, -0.1) is 0 Å². The van der Waals surface area contributed by atoms with Crippen LogP contribution >= 0.6 is 0 Å². The van der Waals surface area contributed by atoms with Crippen LogP contribution in [0.3, 0.4) is 0 Å². The van der Waals surface area contributed by atoms with Gasteiger partial charge in [-0.05, 0) is 56.3 Å². The topological polar surface area (TPSA) is 0 Å². The molecule has 0 amide bonds. The maximum atomic E-state index is 4.32. The zero-order valence-electron chi connectivity index (χ0n) is 10.5. The summed E-state index contributed by atoms with van der Waals surface area (Å²) in [5.41, 5.74) is 3.67. The predicted molar refractivity (Wildman–Crippen MR) is 66.7 cm³/mol. The Hall–Kier alpha value is -0.520. The van der Waals surface area contributed by atoms with E-state index in [-0.39, 0.29) is 0 Å². The van der Waals surface area contributed by atoms with Crippen LogP contribution < -0.4 is 0 Å². The molecular formula is C15H24. The van der Waals surface area contributed by atoms with Crippen molar-refractivity contribution in [1.29, 1.82) is 0 Å². The smallest absolute Gasteiger partial charge is 0.0169 e. The van der Waals surface area contributed by atoms with Crippen molar-refractivity contribution in [2.75, 3.05) is 0 Å². The highest BCUT2D eigenvalue weighted by atomic mass is 14.4. The number of fused-ring (bicyclic) bond motifs is 1. The van der Waals surface area contributed by atoms with Gasteiger partial charge in [0.2, 0.25) is 0 Å². The molecule has 2 aliphatic carbocycles. The molecule has 2 aliphatic rings. The normalized spacial score (nSPS) is 35.4. The van der Waals surface area contributed by atoms with Crippen LogP contribution in [-0.2, 0) is 0 Å². The van der Waals surface area contributed by atoms with Crippen LogP contribution in [0.1, 0.15) is 52.9 Å². The summed E-state index contributed by atoms with van der Waals surface area (Å²) in [5, 5.41) is 0. The predicted octanol–water partition coefficient (Wildman–Crippen LogP) is 4.73. The minimum absolute atomic E-state index is 0.545. The van der Waals surface area contributed by atoms with E-state index in [1.807, 2.05) is 0 Å². The molecule has 0 saturated heterocycles. The van der Waals surface area contributed by atoms with Gasteiger partial charge in [-0.3, -0.25) is 0 Å². The van der Waals surface area contributed by atoms with Gasteiger partial charge in [0.1, 0.15) is 0 Å². The Morgan fingerprint density at radius 3 is 2.80 bits per heavy atom. The van der Waals surface area contributed by atoms with Crippen molar-refractivity contribution in [3.05, 3.63) is 23.8 Å². The third-order valence-electron chi connectivity index (χ3n) is 4.22. The van der Waals surface area contributed by atoms with Gasteiger partial charge in [0.25, 0.3) is 0 Å². The fourth-order valence-electron chi connectivity index (χ4n) is 3.58. The van der Waals surface area contributed by atoms with Crippen molar-refractivity contribution < 1.29 is 0 Å². The van der Waals surface area contributed by atoms with Crippen molar-refractivity contribution in [1.82, 2.24) is 0 Å². The molecule has 0 bridgehead atoms. The Bertz CT molecular complexity index is 293.